The fourth-order valence-electron chi connectivity index (χ4n) is 2.13. The largest absolute Gasteiger partial charge is 0.315 e. The number of hydrogen-bond acceptors (Lipinski definition) is 2. The molecule has 98 valence electrons. The Morgan fingerprint density at radius 2 is 2.11 bits per heavy atom. The number of aromatic nitrogens is 1. The lowest BCUT2D eigenvalue weighted by Gasteiger charge is -2.08. The Labute approximate surface area is 112 Å². The van der Waals surface area contributed by atoms with E-state index in [4.69, 9.17) is 0 Å². The zero-order chi connectivity index (χ0) is 14.0. The number of ketones is 1. The molecular formula is C16H17NO2. The summed E-state index contributed by atoms with van der Waals surface area (Å²) in [4.78, 5) is 24.3. The fourth-order valence-corrected chi connectivity index (χ4v) is 2.13. The maximum absolute atomic E-state index is 12.2. The van der Waals surface area contributed by atoms with Crippen LogP contribution in [0.2, 0.25) is 0 Å². The lowest BCUT2D eigenvalue weighted by atomic mass is 10.0. The molecule has 3 nitrogen and oxygen atoms in total. The average Bonchev–Trinajstić information content (AvgIpc) is 2.86. The highest BCUT2D eigenvalue weighted by Crippen LogP contribution is 2.13. The molecule has 1 aromatic heterocycles. The third-order valence-electron chi connectivity index (χ3n) is 3.36. The molecule has 1 aliphatic carbocycles. The van der Waals surface area contributed by atoms with Crippen LogP contribution in [0.5, 0.6) is 0 Å². The summed E-state index contributed by atoms with van der Waals surface area (Å²) in [5.74, 6) is -0.231. The molecule has 0 aliphatic heterocycles. The van der Waals surface area contributed by atoms with Crippen LogP contribution in [-0.4, -0.2) is 10.4 Å². The molecule has 0 bridgehead atoms. The topological polar surface area (TPSA) is 39.1 Å². The van der Waals surface area contributed by atoms with Gasteiger partial charge in [-0.15, -0.1) is 0 Å². The van der Waals surface area contributed by atoms with Gasteiger partial charge in [0.1, 0.15) is 0 Å². The number of rotatable bonds is 3. The van der Waals surface area contributed by atoms with Gasteiger partial charge in [-0.05, 0) is 43.5 Å². The molecule has 0 saturated heterocycles. The van der Waals surface area contributed by atoms with E-state index in [1.165, 1.54) is 10.6 Å². The molecule has 3 heteroatoms. The summed E-state index contributed by atoms with van der Waals surface area (Å²) in [6.07, 6.45) is 10.1. The number of nitrogens with zero attached hydrogens (tertiary/aromatic N) is 1. The van der Waals surface area contributed by atoms with Crippen molar-refractivity contribution in [2.45, 2.75) is 20.3 Å². The SMILES string of the molecule is Cc1cc(C)n(C)c(=O)c1C(=O)/C=C/C1=CC=CC1. The normalized spacial score (nSPS) is 14.2. The van der Waals surface area contributed by atoms with Gasteiger partial charge in [0.05, 0.1) is 5.56 Å². The molecule has 1 aromatic rings. The molecule has 0 fully saturated rings. The van der Waals surface area contributed by atoms with Gasteiger partial charge in [0.25, 0.3) is 5.56 Å². The standard InChI is InChI=1S/C16H17NO2/c1-11-10-12(2)17(3)16(19)15(11)14(18)9-8-13-6-4-5-7-13/h4-6,8-10H,7H2,1-3H3/b9-8+. The first kappa shape index (κ1) is 13.3. The van der Waals surface area contributed by atoms with Gasteiger partial charge in [-0.25, -0.2) is 0 Å². The zero-order valence-corrected chi connectivity index (χ0v) is 11.4. The molecule has 0 radical (unpaired) electrons. The van der Waals surface area contributed by atoms with Crippen LogP contribution < -0.4 is 5.56 Å². The monoisotopic (exact) mass is 255 g/mol. The molecule has 0 amide bonds. The highest BCUT2D eigenvalue weighted by molar-refractivity contribution is 6.05. The predicted molar refractivity (Wildman–Crippen MR) is 76.5 cm³/mol. The van der Waals surface area contributed by atoms with Crippen LogP contribution in [0.1, 0.15) is 28.0 Å². The highest BCUT2D eigenvalue weighted by Gasteiger charge is 2.13. The first-order valence-electron chi connectivity index (χ1n) is 6.26. The number of carbonyl (C=O) groups excluding carboxylic acids is 1. The molecule has 1 aliphatic rings. The number of hydrogen-bond donors (Lipinski definition) is 0. The van der Waals surface area contributed by atoms with Gasteiger partial charge in [0.2, 0.25) is 0 Å². The van der Waals surface area contributed by atoms with Crippen molar-refractivity contribution >= 4 is 5.78 Å². The van der Waals surface area contributed by atoms with Crippen molar-refractivity contribution in [1.29, 1.82) is 0 Å². The van der Waals surface area contributed by atoms with Crippen LogP contribution in [-0.2, 0) is 7.05 Å². The minimum atomic E-state index is -0.231. The summed E-state index contributed by atoms with van der Waals surface area (Å²) in [7, 11) is 1.68. The van der Waals surface area contributed by atoms with E-state index in [0.717, 1.165) is 23.3 Å². The van der Waals surface area contributed by atoms with Crippen molar-refractivity contribution < 1.29 is 4.79 Å². The summed E-state index contributed by atoms with van der Waals surface area (Å²) in [5.41, 5.74) is 2.69. The van der Waals surface area contributed by atoms with Crippen LogP contribution in [0.4, 0.5) is 0 Å². The molecule has 19 heavy (non-hydrogen) atoms. The van der Waals surface area contributed by atoms with Gasteiger partial charge in [-0.1, -0.05) is 24.3 Å². The molecule has 0 atom stereocenters. The Hall–Kier alpha value is -2.16. The summed E-state index contributed by atoms with van der Waals surface area (Å²) in [6, 6.07) is 1.86. The van der Waals surface area contributed by atoms with Crippen molar-refractivity contribution in [2.75, 3.05) is 0 Å². The van der Waals surface area contributed by atoms with Crippen LogP contribution in [0.25, 0.3) is 0 Å². The van der Waals surface area contributed by atoms with E-state index in [1.54, 1.807) is 20.0 Å². The summed E-state index contributed by atoms with van der Waals surface area (Å²) >= 11 is 0. The molecule has 0 aromatic carbocycles. The van der Waals surface area contributed by atoms with E-state index in [-0.39, 0.29) is 16.9 Å². The van der Waals surface area contributed by atoms with E-state index in [2.05, 4.69) is 0 Å². The van der Waals surface area contributed by atoms with E-state index < -0.39 is 0 Å². The molecule has 0 spiro atoms. The molecule has 2 rings (SSSR count). The van der Waals surface area contributed by atoms with Gasteiger partial charge in [0, 0.05) is 12.7 Å². The molecule has 0 saturated carbocycles. The number of allylic oxidation sites excluding steroid dienone is 6. The number of pyridine rings is 1. The van der Waals surface area contributed by atoms with E-state index in [0.29, 0.717) is 0 Å². The first-order chi connectivity index (χ1) is 9.00. The Kier molecular flexibility index (Phi) is 3.65. The average molecular weight is 255 g/mol. The van der Waals surface area contributed by atoms with Gasteiger partial charge in [-0.2, -0.15) is 0 Å². The van der Waals surface area contributed by atoms with Crippen molar-refractivity contribution in [2.24, 2.45) is 7.05 Å². The van der Waals surface area contributed by atoms with Crippen LogP contribution in [0.15, 0.2) is 46.8 Å². The Balaban J connectivity index is 2.34. The van der Waals surface area contributed by atoms with Gasteiger partial charge < -0.3 is 4.57 Å². The minimum absolute atomic E-state index is 0.231. The lowest BCUT2D eigenvalue weighted by molar-refractivity contribution is 0.104. The van der Waals surface area contributed by atoms with Gasteiger partial charge >= 0.3 is 0 Å². The first-order valence-corrected chi connectivity index (χ1v) is 6.26. The second-order valence-corrected chi connectivity index (χ2v) is 4.78. The van der Waals surface area contributed by atoms with E-state index >= 15 is 0 Å². The van der Waals surface area contributed by atoms with E-state index in [1.807, 2.05) is 31.2 Å². The second-order valence-electron chi connectivity index (χ2n) is 4.78. The Morgan fingerprint density at radius 1 is 1.37 bits per heavy atom. The highest BCUT2D eigenvalue weighted by atomic mass is 16.1. The van der Waals surface area contributed by atoms with Crippen molar-refractivity contribution in [3.8, 4) is 0 Å². The molecule has 0 N–H and O–H groups in total. The second kappa shape index (κ2) is 5.22. The Morgan fingerprint density at radius 3 is 2.74 bits per heavy atom. The maximum atomic E-state index is 12.2. The maximum Gasteiger partial charge on any atom is 0.261 e. The lowest BCUT2D eigenvalue weighted by Crippen LogP contribution is -2.26. The van der Waals surface area contributed by atoms with Crippen LogP contribution >= 0.6 is 0 Å². The molecular weight excluding hydrogens is 238 g/mol. The van der Waals surface area contributed by atoms with Crippen LogP contribution in [0, 0.1) is 13.8 Å². The molecule has 0 unspecified atom stereocenters. The summed E-state index contributed by atoms with van der Waals surface area (Å²) < 4.78 is 1.50. The van der Waals surface area contributed by atoms with Crippen molar-refractivity contribution in [1.82, 2.24) is 4.57 Å². The molecule has 1 heterocycles. The third kappa shape index (κ3) is 2.65. The smallest absolute Gasteiger partial charge is 0.261 e. The minimum Gasteiger partial charge on any atom is -0.315 e. The fraction of sp³-hybridized carbons (Fsp3) is 0.250. The Bertz CT molecular complexity index is 673. The third-order valence-corrected chi connectivity index (χ3v) is 3.36. The summed E-state index contributed by atoms with van der Waals surface area (Å²) in [5, 5.41) is 0. The van der Waals surface area contributed by atoms with Gasteiger partial charge in [-0.3, -0.25) is 9.59 Å². The van der Waals surface area contributed by atoms with Crippen molar-refractivity contribution in [3.05, 3.63) is 69.2 Å². The van der Waals surface area contributed by atoms with E-state index in [9.17, 15) is 9.59 Å². The van der Waals surface area contributed by atoms with Crippen LogP contribution in [0.3, 0.4) is 0 Å². The van der Waals surface area contributed by atoms with Gasteiger partial charge in [0.15, 0.2) is 5.78 Å². The quantitative estimate of drug-likeness (QED) is 0.615. The van der Waals surface area contributed by atoms with Crippen molar-refractivity contribution in [3.63, 3.8) is 0 Å². The summed E-state index contributed by atoms with van der Waals surface area (Å²) in [6.45, 7) is 3.65. The zero-order valence-electron chi connectivity index (χ0n) is 11.4. The number of carbonyl (C=O) groups is 1. The predicted octanol–water partition coefficient (Wildman–Crippen LogP) is 2.63. The number of aryl methyl sites for hydroxylation is 2.